The lowest BCUT2D eigenvalue weighted by Gasteiger charge is -2.27. The highest BCUT2D eigenvalue weighted by Gasteiger charge is 2.33. The summed E-state index contributed by atoms with van der Waals surface area (Å²) in [5, 5.41) is 11.0. The molecule has 318 valence electrons. The number of hydrogen-bond acceptors (Lipinski definition) is 14. The minimum absolute atomic E-state index is 0.0576. The molecular formula is C41H60N8O7S2. The monoisotopic (exact) mass is 840 g/mol. The molecule has 4 aromatic heterocycles. The molecule has 0 unspecified atom stereocenters. The number of aromatic nitrogens is 4. The van der Waals surface area contributed by atoms with Gasteiger partial charge in [-0.2, -0.15) is 0 Å². The molecule has 4 atom stereocenters. The van der Waals surface area contributed by atoms with Crippen LogP contribution in [0, 0.1) is 6.92 Å². The lowest BCUT2D eigenvalue weighted by Crippen LogP contribution is -2.39. The number of hydrogen-bond donors (Lipinski definition) is 4. The smallest absolute Gasteiger partial charge is 0.407 e. The van der Waals surface area contributed by atoms with Gasteiger partial charge in [0.2, 0.25) is 0 Å². The predicted molar refractivity (Wildman–Crippen MR) is 229 cm³/mol. The number of alkyl carbamates (subject to hydrolysis) is 2. The summed E-state index contributed by atoms with van der Waals surface area (Å²) >= 11 is 3.34. The van der Waals surface area contributed by atoms with Gasteiger partial charge < -0.3 is 44.8 Å². The average molecular weight is 841 g/mol. The highest BCUT2D eigenvalue weighted by Crippen LogP contribution is 2.39. The Morgan fingerprint density at radius 1 is 0.793 bits per heavy atom. The fraction of sp³-hybridized carbons (Fsp3) is 0.659. The minimum atomic E-state index is -0.481. The van der Waals surface area contributed by atoms with E-state index in [4.69, 9.17) is 23.9 Å². The van der Waals surface area contributed by atoms with E-state index in [2.05, 4.69) is 48.9 Å². The molecule has 2 saturated carbocycles. The highest BCUT2D eigenvalue weighted by molar-refractivity contribution is 7.19. The lowest BCUT2D eigenvalue weighted by molar-refractivity contribution is 0.00986. The molecule has 17 heteroatoms. The summed E-state index contributed by atoms with van der Waals surface area (Å²) in [6, 6.07) is 5.41. The maximum atomic E-state index is 12.1. The Morgan fingerprint density at radius 3 is 1.84 bits per heavy atom. The van der Waals surface area contributed by atoms with Crippen molar-refractivity contribution >= 4 is 61.1 Å². The zero-order valence-corrected chi connectivity index (χ0v) is 36.9. The molecule has 15 nitrogen and oxygen atoms in total. The number of ether oxygens (including phenoxy) is 4. The van der Waals surface area contributed by atoms with Crippen molar-refractivity contribution < 1.29 is 28.5 Å². The first-order valence-corrected chi connectivity index (χ1v) is 21.9. The molecule has 0 aromatic carbocycles. The van der Waals surface area contributed by atoms with Crippen molar-refractivity contribution in [2.75, 3.05) is 45.4 Å². The van der Waals surface area contributed by atoms with E-state index in [1.807, 2.05) is 61.6 Å². The number of aryl methyl sites for hydroxylation is 1. The molecule has 0 spiro atoms. The number of anilines is 1. The van der Waals surface area contributed by atoms with Crippen molar-refractivity contribution in [1.82, 2.24) is 35.9 Å². The average Bonchev–Trinajstić information content (AvgIpc) is 3.88. The van der Waals surface area contributed by atoms with Gasteiger partial charge in [-0.25, -0.2) is 24.5 Å². The van der Waals surface area contributed by atoms with Crippen LogP contribution in [0.3, 0.4) is 0 Å². The van der Waals surface area contributed by atoms with Crippen LogP contribution >= 0.6 is 22.7 Å². The number of nitrogens with one attached hydrogen (secondary N) is 4. The molecule has 2 aliphatic carbocycles. The molecule has 0 radical (unpaired) electrons. The number of amides is 2. The van der Waals surface area contributed by atoms with Crippen LogP contribution in [0.2, 0.25) is 0 Å². The first kappa shape index (κ1) is 43.7. The van der Waals surface area contributed by atoms with Crippen molar-refractivity contribution in [2.24, 2.45) is 0 Å². The fourth-order valence-corrected chi connectivity index (χ4v) is 9.53. The van der Waals surface area contributed by atoms with Gasteiger partial charge >= 0.3 is 12.2 Å². The van der Waals surface area contributed by atoms with Crippen LogP contribution in [0.25, 0.3) is 20.4 Å². The van der Waals surface area contributed by atoms with Crippen molar-refractivity contribution in [2.45, 2.75) is 134 Å². The van der Waals surface area contributed by atoms with Gasteiger partial charge in [-0.1, -0.05) is 0 Å². The van der Waals surface area contributed by atoms with Crippen LogP contribution in [-0.4, -0.2) is 108 Å². The molecular weight excluding hydrogens is 781 g/mol. The largest absolute Gasteiger partial charge is 0.444 e. The number of aromatic amines is 1. The van der Waals surface area contributed by atoms with Crippen LogP contribution in [-0.2, 0) is 18.9 Å². The summed E-state index contributed by atoms with van der Waals surface area (Å²) in [5.41, 5.74) is -0.950. The van der Waals surface area contributed by atoms with Crippen LogP contribution in [0.5, 0.6) is 0 Å². The standard InChI is InChI=1S/C21H30N4O3S.C11H22N2O2.C9H8N2O2S/c1-12-22-18(16-9-17(13-10-27-11-13)29-19(16)23-12)25(5)15-7-6-14(8-15)24-20(26)28-21(2,3)4;1-11(2,3)15-10(14)13-9-6-5-8(7-9)12-4;12-8-6-1-7(5-2-13-3-5)14-9(6)11-4-10-8/h9,13-15H,6-8,10-11H2,1-5H3,(H,24,26);8-9,12H,5-7H2,1-4H3,(H,13,14);1,4-5H,2-3H2,(H,10,11,12)/t14-,15+;8-,9+;/m01./s1. The Balaban J connectivity index is 0.000000163. The Kier molecular flexibility index (Phi) is 14.0. The Labute approximate surface area is 348 Å². The third-order valence-corrected chi connectivity index (χ3v) is 12.9. The third-order valence-electron chi connectivity index (χ3n) is 10.5. The zero-order valence-electron chi connectivity index (χ0n) is 35.2. The third kappa shape index (κ3) is 11.6. The summed E-state index contributed by atoms with van der Waals surface area (Å²) in [5.74, 6) is 2.73. The second-order valence-corrected chi connectivity index (χ2v) is 19.7. The van der Waals surface area contributed by atoms with Crippen LogP contribution in [0.4, 0.5) is 15.4 Å². The van der Waals surface area contributed by atoms with E-state index in [-0.39, 0.29) is 29.8 Å². The minimum Gasteiger partial charge on any atom is -0.444 e. The summed E-state index contributed by atoms with van der Waals surface area (Å²) in [7, 11) is 4.06. The van der Waals surface area contributed by atoms with Crippen LogP contribution in [0.1, 0.15) is 107 Å². The highest BCUT2D eigenvalue weighted by atomic mass is 32.1. The van der Waals surface area contributed by atoms with Gasteiger partial charge in [0.25, 0.3) is 5.56 Å². The lowest BCUT2D eigenvalue weighted by atomic mass is 10.1. The molecule has 4 aromatic rings. The summed E-state index contributed by atoms with van der Waals surface area (Å²) < 4.78 is 21.1. The maximum absolute atomic E-state index is 12.1. The van der Waals surface area contributed by atoms with Crippen molar-refractivity contribution in [3.63, 3.8) is 0 Å². The second kappa shape index (κ2) is 18.6. The number of thiophene rings is 2. The second-order valence-electron chi connectivity index (χ2n) is 17.6. The van der Waals surface area contributed by atoms with E-state index < -0.39 is 11.2 Å². The molecule has 6 heterocycles. The van der Waals surface area contributed by atoms with Crippen molar-refractivity contribution in [3.8, 4) is 0 Å². The van der Waals surface area contributed by atoms with Crippen LogP contribution in [0.15, 0.2) is 23.3 Å². The van der Waals surface area contributed by atoms with Gasteiger partial charge in [0.05, 0.1) is 43.5 Å². The Hall–Kier alpha value is -3.90. The fourth-order valence-electron chi connectivity index (χ4n) is 7.32. The van der Waals surface area contributed by atoms with Crippen molar-refractivity contribution in [3.05, 3.63) is 44.4 Å². The molecule has 4 aliphatic rings. The molecule has 2 saturated heterocycles. The number of fused-ring (bicyclic) bond motifs is 2. The molecule has 0 bridgehead atoms. The van der Waals surface area contributed by atoms with E-state index in [1.165, 1.54) is 16.1 Å². The molecule has 8 rings (SSSR count). The van der Waals surface area contributed by atoms with E-state index in [0.29, 0.717) is 29.3 Å². The maximum Gasteiger partial charge on any atom is 0.407 e. The van der Waals surface area contributed by atoms with Crippen LogP contribution < -0.4 is 26.4 Å². The van der Waals surface area contributed by atoms with E-state index >= 15 is 0 Å². The predicted octanol–water partition coefficient (Wildman–Crippen LogP) is 6.75. The molecule has 4 fully saturated rings. The van der Waals surface area contributed by atoms with Gasteiger partial charge in [-0.15, -0.1) is 22.7 Å². The summed E-state index contributed by atoms with van der Waals surface area (Å²) in [4.78, 5) is 57.8. The number of carbonyl (C=O) groups excluding carboxylic acids is 2. The molecule has 2 amide bonds. The number of carbonyl (C=O) groups is 2. The number of H-pyrrole nitrogens is 1. The van der Waals surface area contributed by atoms with Gasteiger partial charge in [-0.05, 0) is 106 Å². The van der Waals surface area contributed by atoms with E-state index in [1.54, 1.807) is 22.7 Å². The van der Waals surface area contributed by atoms with E-state index in [9.17, 15) is 14.4 Å². The van der Waals surface area contributed by atoms with E-state index in [0.717, 1.165) is 91.6 Å². The normalized spacial score (nSPS) is 22.2. The first-order valence-electron chi connectivity index (χ1n) is 20.2. The molecule has 4 N–H and O–H groups in total. The zero-order chi connectivity index (χ0) is 41.8. The first-order chi connectivity index (χ1) is 27.4. The summed E-state index contributed by atoms with van der Waals surface area (Å²) in [6.07, 6.45) is 6.79. The Morgan fingerprint density at radius 2 is 1.33 bits per heavy atom. The Bertz CT molecular complexity index is 2080. The number of rotatable bonds is 7. The SMILES string of the molecule is CN[C@@H]1CC[C@H](NC(=O)OC(C)(C)C)C1.Cc1nc(N(C)[C@@H]2CC[C@H](NC(=O)OC(C)(C)C)C2)c2cc(C3COC3)sc2n1.O=c1[nH]cnc2sc(C3COC3)cc12. The van der Waals surface area contributed by atoms with Gasteiger partial charge in [-0.3, -0.25) is 4.79 Å². The van der Waals surface area contributed by atoms with Gasteiger partial charge in [0, 0.05) is 52.8 Å². The summed E-state index contributed by atoms with van der Waals surface area (Å²) in [6.45, 7) is 16.3. The number of nitrogens with zero attached hydrogens (tertiary/aromatic N) is 4. The molecule has 2 aliphatic heterocycles. The van der Waals surface area contributed by atoms with Gasteiger partial charge in [0.1, 0.15) is 32.5 Å². The topological polar surface area (TPSA) is 182 Å². The molecule has 58 heavy (non-hydrogen) atoms. The van der Waals surface area contributed by atoms with Gasteiger partial charge in [0.15, 0.2) is 0 Å². The quantitative estimate of drug-likeness (QED) is 0.154. The van der Waals surface area contributed by atoms with Crippen molar-refractivity contribution in [1.29, 1.82) is 0 Å².